The van der Waals surface area contributed by atoms with E-state index in [9.17, 15) is 4.79 Å². The number of hydrogen-bond acceptors (Lipinski definition) is 2. The summed E-state index contributed by atoms with van der Waals surface area (Å²) in [6.07, 6.45) is 2.39. The van der Waals surface area contributed by atoms with E-state index in [1.54, 1.807) is 6.92 Å². The average Bonchev–Trinajstić information content (AvgIpc) is 2.53. The normalized spacial score (nSPS) is 15.9. The van der Waals surface area contributed by atoms with E-state index >= 15 is 0 Å². The van der Waals surface area contributed by atoms with Crippen molar-refractivity contribution in [3.8, 4) is 0 Å². The first-order chi connectivity index (χ1) is 6.87. The highest BCUT2D eigenvalue weighted by Gasteiger charge is 2.12. The molecule has 0 spiro atoms. The Kier molecular flexibility index (Phi) is 6.52. The Morgan fingerprint density at radius 2 is 1.73 bits per heavy atom. The van der Waals surface area contributed by atoms with Crippen LogP contribution < -0.4 is 0 Å². The van der Waals surface area contributed by atoms with Crippen LogP contribution in [0.15, 0.2) is 0 Å². The lowest BCUT2D eigenvalue weighted by Crippen LogP contribution is -2.36. The Hall–Kier alpha value is -0.610. The molecule has 1 N–H and O–H groups in total. The average molecular weight is 217 g/mol. The van der Waals surface area contributed by atoms with Gasteiger partial charge in [0, 0.05) is 20.0 Å². The minimum atomic E-state index is 0.225. The zero-order chi connectivity index (χ0) is 11.9. The number of rotatable bonds is 2. The Balaban J connectivity index is 0.000000265. The Labute approximate surface area is 93.1 Å². The first-order valence-corrected chi connectivity index (χ1v) is 5.53. The van der Waals surface area contributed by atoms with Crippen molar-refractivity contribution in [2.24, 2.45) is 0 Å². The van der Waals surface area contributed by atoms with Crippen LogP contribution in [0, 0.1) is 0 Å². The number of likely N-dealkylation sites (N-methyl/N-ethyl adjacent to an activating group) is 1. The molecule has 1 rings (SSSR count). The second kappa shape index (κ2) is 6.80. The number of aliphatic hydroxyl groups excluding tert-OH is 1. The van der Waals surface area contributed by atoms with E-state index in [-0.39, 0.29) is 12.5 Å². The molecular weight excluding hydrogens is 192 g/mol. The largest absolute Gasteiger partial charge is 0.391 e. The van der Waals surface area contributed by atoms with Crippen molar-refractivity contribution < 1.29 is 14.4 Å². The molecule has 1 aliphatic heterocycles. The van der Waals surface area contributed by atoms with Gasteiger partial charge in [-0.3, -0.25) is 4.79 Å². The predicted octanol–water partition coefficient (Wildman–Crippen LogP) is 0.314. The molecule has 0 aromatic rings. The number of amides is 1. The maximum Gasteiger partial charge on any atom is 0.219 e. The van der Waals surface area contributed by atoms with E-state index in [4.69, 9.17) is 5.11 Å². The molecule has 0 aliphatic carbocycles. The van der Waals surface area contributed by atoms with Gasteiger partial charge in [-0.15, -0.1) is 0 Å². The molecule has 0 saturated carbocycles. The molecule has 1 amide bonds. The fourth-order valence-corrected chi connectivity index (χ4v) is 1.33. The number of quaternary nitrogens is 1. The quantitative estimate of drug-likeness (QED) is 0.677. The van der Waals surface area contributed by atoms with Crippen molar-refractivity contribution in [2.75, 3.05) is 47.4 Å². The van der Waals surface area contributed by atoms with Gasteiger partial charge in [-0.2, -0.15) is 0 Å². The molecule has 0 aromatic carbocycles. The standard InChI is InChI=1S/C6H11NO.C5H14NO/c1-6(8)7-4-2-3-5-7;1-6(2,3)4-5-7/h2-5H2,1H3;7H,4-5H2,1-3H3/q;+1. The zero-order valence-corrected chi connectivity index (χ0v) is 10.5. The fraction of sp³-hybridized carbons (Fsp3) is 0.909. The van der Waals surface area contributed by atoms with Gasteiger partial charge in [-0.1, -0.05) is 0 Å². The molecule has 1 heterocycles. The summed E-state index contributed by atoms with van der Waals surface area (Å²) in [5, 5.41) is 8.39. The van der Waals surface area contributed by atoms with Gasteiger partial charge in [0.25, 0.3) is 0 Å². The maximum atomic E-state index is 10.6. The van der Waals surface area contributed by atoms with E-state index < -0.39 is 0 Å². The molecule has 0 bridgehead atoms. The first-order valence-electron chi connectivity index (χ1n) is 5.53. The smallest absolute Gasteiger partial charge is 0.219 e. The van der Waals surface area contributed by atoms with Gasteiger partial charge < -0.3 is 14.5 Å². The number of nitrogens with zero attached hydrogens (tertiary/aromatic N) is 2. The molecule has 15 heavy (non-hydrogen) atoms. The van der Waals surface area contributed by atoms with Crippen LogP contribution in [0.2, 0.25) is 0 Å². The summed E-state index contributed by atoms with van der Waals surface area (Å²) in [5.74, 6) is 0.225. The lowest BCUT2D eigenvalue weighted by Gasteiger charge is -2.21. The van der Waals surface area contributed by atoms with Crippen molar-refractivity contribution in [1.82, 2.24) is 4.90 Å². The Bertz CT molecular complexity index is 182. The number of hydrogen-bond donors (Lipinski definition) is 1. The van der Waals surface area contributed by atoms with E-state index in [0.717, 1.165) is 24.1 Å². The summed E-state index contributed by atoms with van der Waals surface area (Å²) in [6.45, 7) is 4.71. The molecule has 1 aliphatic rings. The topological polar surface area (TPSA) is 40.5 Å². The third-order valence-electron chi connectivity index (χ3n) is 2.32. The van der Waals surface area contributed by atoms with Gasteiger partial charge in [0.2, 0.25) is 5.91 Å². The minimum Gasteiger partial charge on any atom is -0.391 e. The summed E-state index contributed by atoms with van der Waals surface area (Å²) < 4.78 is 0.844. The monoisotopic (exact) mass is 217 g/mol. The molecule has 0 radical (unpaired) electrons. The third-order valence-corrected chi connectivity index (χ3v) is 2.32. The van der Waals surface area contributed by atoms with Crippen LogP contribution >= 0.6 is 0 Å². The number of likely N-dealkylation sites (tertiary alicyclic amines) is 1. The molecule has 4 heteroatoms. The summed E-state index contributed by atoms with van der Waals surface area (Å²) >= 11 is 0. The van der Waals surface area contributed by atoms with Crippen molar-refractivity contribution in [1.29, 1.82) is 0 Å². The van der Waals surface area contributed by atoms with Crippen LogP contribution in [0.1, 0.15) is 19.8 Å². The van der Waals surface area contributed by atoms with Crippen LogP contribution in [0.4, 0.5) is 0 Å². The van der Waals surface area contributed by atoms with Gasteiger partial charge in [0.05, 0.1) is 27.7 Å². The van der Waals surface area contributed by atoms with Crippen LogP contribution in [0.3, 0.4) is 0 Å². The first kappa shape index (κ1) is 14.4. The second-order valence-electron chi connectivity index (χ2n) is 4.95. The summed E-state index contributed by atoms with van der Waals surface area (Å²) in [5.41, 5.74) is 0. The van der Waals surface area contributed by atoms with E-state index in [1.807, 2.05) is 4.90 Å². The van der Waals surface area contributed by atoms with Crippen molar-refractivity contribution in [3.05, 3.63) is 0 Å². The molecule has 0 atom stereocenters. The van der Waals surface area contributed by atoms with Gasteiger partial charge in [0.15, 0.2) is 0 Å². The second-order valence-corrected chi connectivity index (χ2v) is 4.95. The highest BCUT2D eigenvalue weighted by atomic mass is 16.3. The summed E-state index contributed by atoms with van der Waals surface area (Å²) in [4.78, 5) is 12.5. The van der Waals surface area contributed by atoms with E-state index in [2.05, 4.69) is 21.1 Å². The van der Waals surface area contributed by atoms with Crippen molar-refractivity contribution >= 4 is 5.91 Å². The van der Waals surface area contributed by atoms with Gasteiger partial charge in [0.1, 0.15) is 6.54 Å². The van der Waals surface area contributed by atoms with Gasteiger partial charge >= 0.3 is 0 Å². The van der Waals surface area contributed by atoms with Gasteiger partial charge in [-0.25, -0.2) is 0 Å². The lowest BCUT2D eigenvalue weighted by atomic mass is 10.4. The third kappa shape index (κ3) is 8.39. The molecule has 1 fully saturated rings. The summed E-state index contributed by atoms with van der Waals surface area (Å²) in [7, 11) is 6.16. The molecule has 0 aromatic heterocycles. The van der Waals surface area contributed by atoms with Crippen LogP contribution in [0.5, 0.6) is 0 Å². The molecule has 0 unspecified atom stereocenters. The number of aliphatic hydroxyl groups is 1. The van der Waals surface area contributed by atoms with Crippen molar-refractivity contribution in [2.45, 2.75) is 19.8 Å². The molecule has 4 nitrogen and oxygen atoms in total. The van der Waals surface area contributed by atoms with E-state index in [1.165, 1.54) is 12.8 Å². The Morgan fingerprint density at radius 3 is 1.87 bits per heavy atom. The lowest BCUT2D eigenvalue weighted by molar-refractivity contribution is -0.870. The molecular formula is C11H25N2O2+. The Morgan fingerprint density at radius 1 is 1.27 bits per heavy atom. The van der Waals surface area contributed by atoms with Crippen LogP contribution in [0.25, 0.3) is 0 Å². The van der Waals surface area contributed by atoms with E-state index in [0.29, 0.717) is 0 Å². The van der Waals surface area contributed by atoms with Gasteiger partial charge in [-0.05, 0) is 12.8 Å². The molecule has 1 saturated heterocycles. The van der Waals surface area contributed by atoms with Crippen molar-refractivity contribution in [3.63, 3.8) is 0 Å². The van der Waals surface area contributed by atoms with Crippen LogP contribution in [-0.2, 0) is 4.79 Å². The maximum absolute atomic E-state index is 10.6. The summed E-state index contributed by atoms with van der Waals surface area (Å²) in [6, 6.07) is 0. The number of carbonyl (C=O) groups excluding carboxylic acids is 1. The SMILES string of the molecule is CC(=O)N1CCCC1.C[N+](C)(C)CCO. The number of carbonyl (C=O) groups is 1. The zero-order valence-electron chi connectivity index (χ0n) is 10.5. The highest BCUT2D eigenvalue weighted by molar-refractivity contribution is 5.73. The predicted molar refractivity (Wildman–Crippen MR) is 61.5 cm³/mol. The molecule has 90 valence electrons. The minimum absolute atomic E-state index is 0.225. The fourth-order valence-electron chi connectivity index (χ4n) is 1.33. The van der Waals surface area contributed by atoms with Crippen LogP contribution in [-0.4, -0.2) is 67.8 Å². The highest BCUT2D eigenvalue weighted by Crippen LogP contribution is 2.06.